The number of benzene rings is 1. The minimum absolute atomic E-state index is 0.0416. The number of piperidine rings is 2. The molecule has 7 atom stereocenters. The van der Waals surface area contributed by atoms with Crippen molar-refractivity contribution in [3.63, 3.8) is 0 Å². The highest BCUT2D eigenvalue weighted by Gasteiger charge is 2.47. The maximum Gasteiger partial charge on any atom is 0.360 e. The summed E-state index contributed by atoms with van der Waals surface area (Å²) in [7, 11) is 0. The standard InChI is InChI=1S/C31H41N3O3/c35-30-29(31(36)37)32-27-10-3-4-11-28(27)34(30)26-17-23-8-5-9-24(18-26)33(23)25-15-19-12-20(16-25)14-22(13-19)21-6-1-2-7-21/h3-4,10-11,19-26H,1-2,5-9,12-18H2,(H,36,37)/t19-,20+,22?,23-,24+,25?,26?. The van der Waals surface area contributed by atoms with Crippen molar-refractivity contribution in [3.8, 4) is 0 Å². The third-order valence-corrected chi connectivity index (χ3v) is 11.0. The molecule has 1 aromatic heterocycles. The summed E-state index contributed by atoms with van der Waals surface area (Å²) in [5.74, 6) is 2.60. The molecule has 2 aromatic rings. The van der Waals surface area contributed by atoms with Crippen molar-refractivity contribution >= 4 is 17.0 Å². The maximum absolute atomic E-state index is 13.4. The summed E-state index contributed by atoms with van der Waals surface area (Å²) in [6, 6.07) is 9.29. The molecule has 3 heterocycles. The molecule has 2 aliphatic heterocycles. The Hall–Kier alpha value is -2.21. The van der Waals surface area contributed by atoms with Crippen LogP contribution in [-0.2, 0) is 0 Å². The number of aromatic nitrogens is 2. The molecule has 37 heavy (non-hydrogen) atoms. The van der Waals surface area contributed by atoms with Crippen molar-refractivity contribution in [3.05, 3.63) is 40.3 Å². The number of hydrogen-bond acceptors (Lipinski definition) is 4. The van der Waals surface area contributed by atoms with E-state index in [-0.39, 0.29) is 11.7 Å². The fraction of sp³-hybridized carbons (Fsp3) is 0.710. The van der Waals surface area contributed by atoms with E-state index < -0.39 is 11.5 Å². The number of hydrogen-bond donors (Lipinski definition) is 1. The molecule has 7 rings (SSSR count). The van der Waals surface area contributed by atoms with Gasteiger partial charge in [-0.3, -0.25) is 9.69 Å². The summed E-state index contributed by atoms with van der Waals surface area (Å²) >= 11 is 0. The van der Waals surface area contributed by atoms with Gasteiger partial charge in [-0.25, -0.2) is 9.78 Å². The molecule has 4 bridgehead atoms. The van der Waals surface area contributed by atoms with Gasteiger partial charge in [-0.15, -0.1) is 0 Å². The fourth-order valence-electron chi connectivity index (χ4n) is 9.78. The average molecular weight is 504 g/mol. The molecular weight excluding hydrogens is 462 g/mol. The molecule has 0 radical (unpaired) electrons. The first-order valence-electron chi connectivity index (χ1n) is 15.1. The van der Waals surface area contributed by atoms with E-state index in [9.17, 15) is 14.7 Å². The van der Waals surface area contributed by atoms with Crippen molar-refractivity contribution in [1.29, 1.82) is 0 Å². The van der Waals surface area contributed by atoms with Crippen LogP contribution in [0.1, 0.15) is 106 Å². The SMILES string of the molecule is O=C(O)c1nc2ccccc2n(C2C[C@H]3CCC[C@@H](C2)N3C2C[C@H]3CC(C4CCCC4)C[C@@H](C2)C3)c1=O. The average Bonchev–Trinajstić information content (AvgIpc) is 3.42. The van der Waals surface area contributed by atoms with Gasteiger partial charge in [-0.2, -0.15) is 0 Å². The molecule has 6 nitrogen and oxygen atoms in total. The van der Waals surface area contributed by atoms with Gasteiger partial charge in [0.05, 0.1) is 11.0 Å². The number of carboxylic acids is 1. The molecule has 198 valence electrons. The molecule has 0 spiro atoms. The monoisotopic (exact) mass is 503 g/mol. The molecule has 2 saturated heterocycles. The fourth-order valence-corrected chi connectivity index (χ4v) is 9.78. The van der Waals surface area contributed by atoms with Crippen molar-refractivity contribution in [2.75, 3.05) is 0 Å². The van der Waals surface area contributed by atoms with Crippen LogP contribution in [0.15, 0.2) is 29.1 Å². The smallest absolute Gasteiger partial charge is 0.360 e. The highest BCUT2D eigenvalue weighted by atomic mass is 16.4. The first-order valence-corrected chi connectivity index (χ1v) is 15.1. The molecule has 5 aliphatic rings. The van der Waals surface area contributed by atoms with Crippen LogP contribution in [0.4, 0.5) is 0 Å². The molecule has 0 amide bonds. The van der Waals surface area contributed by atoms with Crippen LogP contribution >= 0.6 is 0 Å². The minimum atomic E-state index is -1.23. The zero-order valence-electron chi connectivity index (χ0n) is 21.9. The van der Waals surface area contributed by atoms with Gasteiger partial charge in [-0.1, -0.05) is 44.2 Å². The Morgan fingerprint density at radius 3 is 2.11 bits per heavy atom. The normalized spacial score (nSPS) is 36.6. The third-order valence-electron chi connectivity index (χ3n) is 11.0. The van der Waals surface area contributed by atoms with Crippen molar-refractivity contribution < 1.29 is 9.90 Å². The Balaban J connectivity index is 1.14. The Kier molecular flexibility index (Phi) is 6.14. The molecule has 1 N–H and O–H groups in total. The number of para-hydroxylation sites is 2. The van der Waals surface area contributed by atoms with Gasteiger partial charge in [-0.05, 0) is 93.6 Å². The van der Waals surface area contributed by atoms with E-state index in [2.05, 4.69) is 9.88 Å². The predicted molar refractivity (Wildman–Crippen MR) is 144 cm³/mol. The molecule has 1 aromatic carbocycles. The van der Waals surface area contributed by atoms with Gasteiger partial charge in [0.25, 0.3) is 5.56 Å². The molecule has 5 fully saturated rings. The maximum atomic E-state index is 13.4. The van der Waals surface area contributed by atoms with Gasteiger partial charge >= 0.3 is 5.97 Å². The molecule has 3 aliphatic carbocycles. The van der Waals surface area contributed by atoms with E-state index in [1.807, 2.05) is 24.3 Å². The Labute approximate surface area is 219 Å². The lowest BCUT2D eigenvalue weighted by atomic mass is 9.62. The van der Waals surface area contributed by atoms with Crippen LogP contribution in [0.25, 0.3) is 11.0 Å². The number of rotatable bonds is 4. The number of aromatic carboxylic acids is 1. The Morgan fingerprint density at radius 1 is 0.757 bits per heavy atom. The van der Waals surface area contributed by atoms with Crippen LogP contribution in [0.3, 0.4) is 0 Å². The largest absolute Gasteiger partial charge is 0.476 e. The molecule has 3 unspecified atom stereocenters. The summed E-state index contributed by atoms with van der Waals surface area (Å²) in [6.45, 7) is 0. The Bertz CT molecular complexity index is 1210. The van der Waals surface area contributed by atoms with E-state index in [0.717, 1.165) is 42.0 Å². The highest BCUT2D eigenvalue weighted by molar-refractivity contribution is 5.88. The lowest BCUT2D eigenvalue weighted by Crippen LogP contribution is -2.59. The van der Waals surface area contributed by atoms with Crippen LogP contribution in [-0.4, -0.2) is 43.7 Å². The van der Waals surface area contributed by atoms with Gasteiger partial charge < -0.3 is 9.67 Å². The zero-order chi connectivity index (χ0) is 25.1. The second-order valence-electron chi connectivity index (χ2n) is 13.1. The van der Waals surface area contributed by atoms with E-state index in [1.165, 1.54) is 77.0 Å². The van der Waals surface area contributed by atoms with Crippen molar-refractivity contribution in [2.24, 2.45) is 23.7 Å². The van der Waals surface area contributed by atoms with Gasteiger partial charge in [0.1, 0.15) is 0 Å². The van der Waals surface area contributed by atoms with Gasteiger partial charge in [0.2, 0.25) is 5.69 Å². The summed E-state index contributed by atoms with van der Waals surface area (Å²) < 4.78 is 1.80. The van der Waals surface area contributed by atoms with Crippen molar-refractivity contribution in [2.45, 2.75) is 114 Å². The van der Waals surface area contributed by atoms with Crippen LogP contribution in [0.2, 0.25) is 0 Å². The molecule has 6 heteroatoms. The number of carbonyl (C=O) groups is 1. The first-order chi connectivity index (χ1) is 18.0. The van der Waals surface area contributed by atoms with Crippen LogP contribution < -0.4 is 5.56 Å². The topological polar surface area (TPSA) is 75.4 Å². The van der Waals surface area contributed by atoms with Gasteiger partial charge in [0.15, 0.2) is 0 Å². The Morgan fingerprint density at radius 2 is 1.43 bits per heavy atom. The van der Waals surface area contributed by atoms with Gasteiger partial charge in [0, 0.05) is 24.2 Å². The molecular formula is C31H41N3O3. The number of nitrogens with zero attached hydrogens (tertiary/aromatic N) is 3. The second kappa shape index (κ2) is 9.52. The van der Waals surface area contributed by atoms with E-state index in [1.54, 1.807) is 4.57 Å². The van der Waals surface area contributed by atoms with E-state index >= 15 is 0 Å². The number of carboxylic acid groups (broad SMARTS) is 1. The summed E-state index contributed by atoms with van der Waals surface area (Å²) in [6.07, 6.45) is 18.6. The van der Waals surface area contributed by atoms with E-state index in [0.29, 0.717) is 23.6 Å². The lowest BCUT2D eigenvalue weighted by Gasteiger charge is -2.56. The first kappa shape index (κ1) is 23.9. The summed E-state index contributed by atoms with van der Waals surface area (Å²) in [5.41, 5.74) is 0.597. The quantitative estimate of drug-likeness (QED) is 0.551. The molecule has 3 saturated carbocycles. The third kappa shape index (κ3) is 4.24. The summed E-state index contributed by atoms with van der Waals surface area (Å²) in [5, 5.41) is 9.70. The number of fused-ring (bicyclic) bond motifs is 5. The van der Waals surface area contributed by atoms with E-state index in [4.69, 9.17) is 0 Å². The van der Waals surface area contributed by atoms with Crippen LogP contribution in [0.5, 0.6) is 0 Å². The zero-order valence-corrected chi connectivity index (χ0v) is 21.9. The summed E-state index contributed by atoms with van der Waals surface area (Å²) in [4.78, 5) is 32.4. The highest BCUT2D eigenvalue weighted by Crippen LogP contribution is 2.51. The lowest BCUT2D eigenvalue weighted by molar-refractivity contribution is -0.0560. The minimum Gasteiger partial charge on any atom is -0.476 e. The van der Waals surface area contributed by atoms with Crippen LogP contribution in [0, 0.1) is 23.7 Å². The second-order valence-corrected chi connectivity index (χ2v) is 13.1. The van der Waals surface area contributed by atoms with Crippen molar-refractivity contribution in [1.82, 2.24) is 14.5 Å². The predicted octanol–water partition coefficient (Wildman–Crippen LogP) is 6.04.